The predicted octanol–water partition coefficient (Wildman–Crippen LogP) is 3.29. The molecule has 0 radical (unpaired) electrons. The first-order chi connectivity index (χ1) is 11.7. The number of halogens is 4. The van der Waals surface area contributed by atoms with Crippen molar-refractivity contribution in [3.05, 3.63) is 69.7 Å². The molecule has 0 aromatic heterocycles. The number of benzene rings is 2. The van der Waals surface area contributed by atoms with Gasteiger partial charge >= 0.3 is 6.18 Å². The zero-order valence-electron chi connectivity index (χ0n) is 12.8. The highest BCUT2D eigenvalue weighted by molar-refractivity contribution is 9.10. The van der Waals surface area contributed by atoms with Gasteiger partial charge in [-0.15, -0.1) is 0 Å². The van der Waals surface area contributed by atoms with Crippen LogP contribution in [-0.4, -0.2) is 17.9 Å². The number of carbonyl (C=O) groups is 2. The van der Waals surface area contributed by atoms with Crippen molar-refractivity contribution in [2.24, 2.45) is 5.73 Å². The molecule has 4 nitrogen and oxygen atoms in total. The number of rotatable bonds is 5. The molecule has 0 aliphatic carbocycles. The molecule has 0 fully saturated rings. The average Bonchev–Trinajstić information content (AvgIpc) is 2.53. The third-order valence-electron chi connectivity index (χ3n) is 3.45. The maximum atomic E-state index is 13.0. The second-order valence-corrected chi connectivity index (χ2v) is 6.22. The topological polar surface area (TPSA) is 72.2 Å². The van der Waals surface area contributed by atoms with Crippen LogP contribution in [0.5, 0.6) is 0 Å². The Bertz CT molecular complexity index is 793. The minimum Gasteiger partial charge on any atom is -0.368 e. The van der Waals surface area contributed by atoms with Gasteiger partial charge in [0.05, 0.1) is 11.1 Å². The maximum absolute atomic E-state index is 13.0. The molecule has 2 aromatic rings. The van der Waals surface area contributed by atoms with Crippen LogP contribution in [0.3, 0.4) is 0 Å². The molecule has 0 aliphatic rings. The van der Waals surface area contributed by atoms with Gasteiger partial charge in [0.1, 0.15) is 6.04 Å². The number of alkyl halides is 3. The average molecular weight is 415 g/mol. The third-order valence-corrected chi connectivity index (χ3v) is 3.95. The standard InChI is InChI=1S/C17H14BrF3N2O2/c18-11-5-3-4-10(8-11)9-14(15(22)24)23-16(25)12-6-1-2-7-13(12)17(19,20)21/h1-8,14H,9H2,(H2,22,24)(H,23,25)/t14-/m0/s1. The molecule has 2 amide bonds. The van der Waals surface area contributed by atoms with Crippen LogP contribution in [0.25, 0.3) is 0 Å². The van der Waals surface area contributed by atoms with Gasteiger partial charge in [0, 0.05) is 10.9 Å². The number of carbonyl (C=O) groups excluding carboxylic acids is 2. The molecule has 132 valence electrons. The molecule has 2 aromatic carbocycles. The number of nitrogens with one attached hydrogen (secondary N) is 1. The van der Waals surface area contributed by atoms with Gasteiger partial charge in [-0.25, -0.2) is 0 Å². The van der Waals surface area contributed by atoms with E-state index in [1.807, 2.05) is 0 Å². The molecular formula is C17H14BrF3N2O2. The Morgan fingerprint density at radius 2 is 1.80 bits per heavy atom. The Morgan fingerprint density at radius 1 is 1.12 bits per heavy atom. The predicted molar refractivity (Wildman–Crippen MR) is 89.7 cm³/mol. The lowest BCUT2D eigenvalue weighted by molar-refractivity contribution is -0.137. The first-order valence-corrected chi connectivity index (χ1v) is 7.98. The van der Waals surface area contributed by atoms with E-state index in [-0.39, 0.29) is 6.42 Å². The number of nitrogens with two attached hydrogens (primary N) is 1. The van der Waals surface area contributed by atoms with Crippen LogP contribution < -0.4 is 11.1 Å². The van der Waals surface area contributed by atoms with Crippen molar-refractivity contribution in [3.8, 4) is 0 Å². The molecule has 2 rings (SSSR count). The van der Waals surface area contributed by atoms with E-state index >= 15 is 0 Å². The minimum absolute atomic E-state index is 0.0642. The summed E-state index contributed by atoms with van der Waals surface area (Å²) in [5.74, 6) is -1.84. The molecule has 0 spiro atoms. The highest BCUT2D eigenvalue weighted by atomic mass is 79.9. The highest BCUT2D eigenvalue weighted by Gasteiger charge is 2.35. The van der Waals surface area contributed by atoms with Crippen molar-refractivity contribution >= 4 is 27.7 Å². The summed E-state index contributed by atoms with van der Waals surface area (Å²) >= 11 is 3.28. The number of amides is 2. The lowest BCUT2D eigenvalue weighted by Gasteiger charge is -2.18. The first kappa shape index (κ1) is 19.0. The van der Waals surface area contributed by atoms with E-state index in [9.17, 15) is 22.8 Å². The molecule has 0 bridgehead atoms. The van der Waals surface area contributed by atoms with Gasteiger partial charge in [-0.2, -0.15) is 13.2 Å². The smallest absolute Gasteiger partial charge is 0.368 e. The van der Waals surface area contributed by atoms with Gasteiger partial charge in [0.2, 0.25) is 5.91 Å². The maximum Gasteiger partial charge on any atom is 0.417 e. The van der Waals surface area contributed by atoms with Crippen LogP contribution in [0.15, 0.2) is 53.0 Å². The van der Waals surface area contributed by atoms with E-state index in [4.69, 9.17) is 5.73 Å². The molecule has 8 heteroatoms. The van der Waals surface area contributed by atoms with Gasteiger partial charge in [-0.05, 0) is 29.8 Å². The van der Waals surface area contributed by atoms with Crippen LogP contribution in [0.2, 0.25) is 0 Å². The first-order valence-electron chi connectivity index (χ1n) is 7.19. The molecule has 25 heavy (non-hydrogen) atoms. The largest absolute Gasteiger partial charge is 0.417 e. The highest BCUT2D eigenvalue weighted by Crippen LogP contribution is 2.31. The number of primary amides is 1. The Morgan fingerprint density at radius 3 is 2.40 bits per heavy atom. The van der Waals surface area contributed by atoms with Crippen LogP contribution in [0.1, 0.15) is 21.5 Å². The third kappa shape index (κ3) is 5.06. The fraction of sp³-hybridized carbons (Fsp3) is 0.176. The van der Waals surface area contributed by atoms with E-state index in [1.165, 1.54) is 12.1 Å². The molecule has 1 atom stereocenters. The van der Waals surface area contributed by atoms with Gasteiger partial charge in [0.15, 0.2) is 0 Å². The SMILES string of the molecule is NC(=O)[C@H](Cc1cccc(Br)c1)NC(=O)c1ccccc1C(F)(F)F. The summed E-state index contributed by atoms with van der Waals surface area (Å²) in [6, 6.07) is 10.2. The summed E-state index contributed by atoms with van der Waals surface area (Å²) in [7, 11) is 0. The Kier molecular flexibility index (Phi) is 5.84. The molecular weight excluding hydrogens is 401 g/mol. The number of hydrogen-bond donors (Lipinski definition) is 2. The second kappa shape index (κ2) is 7.69. The molecule has 0 heterocycles. The quantitative estimate of drug-likeness (QED) is 0.787. The van der Waals surface area contributed by atoms with Crippen LogP contribution in [0.4, 0.5) is 13.2 Å². The van der Waals surface area contributed by atoms with E-state index in [1.54, 1.807) is 24.3 Å². The van der Waals surface area contributed by atoms with Gasteiger partial charge in [-0.1, -0.05) is 40.2 Å². The van der Waals surface area contributed by atoms with Crippen molar-refractivity contribution in [2.45, 2.75) is 18.6 Å². The van der Waals surface area contributed by atoms with Gasteiger partial charge < -0.3 is 11.1 Å². The van der Waals surface area contributed by atoms with E-state index in [0.29, 0.717) is 5.56 Å². The van der Waals surface area contributed by atoms with Crippen LogP contribution >= 0.6 is 15.9 Å². The molecule has 0 saturated carbocycles. The lowest BCUT2D eigenvalue weighted by Crippen LogP contribution is -2.46. The Labute approximate surface area is 150 Å². The van der Waals surface area contributed by atoms with Crippen molar-refractivity contribution in [1.82, 2.24) is 5.32 Å². The van der Waals surface area contributed by atoms with Crippen molar-refractivity contribution in [3.63, 3.8) is 0 Å². The van der Waals surface area contributed by atoms with Gasteiger partial charge in [0.25, 0.3) is 5.91 Å². The van der Waals surface area contributed by atoms with E-state index in [2.05, 4.69) is 21.2 Å². The van der Waals surface area contributed by atoms with Crippen molar-refractivity contribution < 1.29 is 22.8 Å². The fourth-order valence-corrected chi connectivity index (χ4v) is 2.73. The van der Waals surface area contributed by atoms with E-state index in [0.717, 1.165) is 16.6 Å². The zero-order valence-corrected chi connectivity index (χ0v) is 14.4. The monoisotopic (exact) mass is 414 g/mol. The van der Waals surface area contributed by atoms with E-state index < -0.39 is 35.2 Å². The normalized spacial score (nSPS) is 12.5. The summed E-state index contributed by atoms with van der Waals surface area (Å²) < 4.78 is 39.8. The molecule has 3 N–H and O–H groups in total. The summed E-state index contributed by atoms with van der Waals surface area (Å²) in [5, 5.41) is 2.28. The molecule has 0 aliphatic heterocycles. The van der Waals surface area contributed by atoms with Crippen molar-refractivity contribution in [2.75, 3.05) is 0 Å². The summed E-state index contributed by atoms with van der Waals surface area (Å²) in [4.78, 5) is 23.9. The molecule has 0 unspecified atom stereocenters. The van der Waals surface area contributed by atoms with Crippen LogP contribution in [0, 0.1) is 0 Å². The lowest BCUT2D eigenvalue weighted by atomic mass is 10.0. The van der Waals surface area contributed by atoms with Crippen LogP contribution in [-0.2, 0) is 17.4 Å². The number of hydrogen-bond acceptors (Lipinski definition) is 2. The van der Waals surface area contributed by atoms with Crippen molar-refractivity contribution in [1.29, 1.82) is 0 Å². The second-order valence-electron chi connectivity index (χ2n) is 5.31. The van der Waals surface area contributed by atoms with Gasteiger partial charge in [-0.3, -0.25) is 9.59 Å². The summed E-state index contributed by atoms with van der Waals surface area (Å²) in [6.45, 7) is 0. The molecule has 0 saturated heterocycles. The summed E-state index contributed by atoms with van der Waals surface area (Å²) in [6.07, 6.45) is -4.62. The minimum atomic E-state index is -4.68. The Hall–Kier alpha value is -2.35. The Balaban J connectivity index is 2.23. The summed E-state index contributed by atoms with van der Waals surface area (Å²) in [5.41, 5.74) is 4.35. The zero-order chi connectivity index (χ0) is 18.6. The fourth-order valence-electron chi connectivity index (χ4n) is 2.29.